The van der Waals surface area contributed by atoms with Gasteiger partial charge in [0.2, 0.25) is 5.88 Å². The summed E-state index contributed by atoms with van der Waals surface area (Å²) in [4.78, 5) is 22.6. The molecule has 2 rings (SSSR count). The number of nitriles is 1. The predicted molar refractivity (Wildman–Crippen MR) is 84.8 cm³/mol. The van der Waals surface area contributed by atoms with E-state index in [1.165, 1.54) is 32.2 Å². The summed E-state index contributed by atoms with van der Waals surface area (Å²) in [6.45, 7) is 3.06. The monoisotopic (exact) mass is 327 g/mol. The van der Waals surface area contributed by atoms with Crippen molar-refractivity contribution in [2.24, 2.45) is 17.3 Å². The molecule has 1 heterocycles. The van der Waals surface area contributed by atoms with Gasteiger partial charge in [-0.3, -0.25) is 19.5 Å². The van der Waals surface area contributed by atoms with Crippen molar-refractivity contribution in [3.05, 3.63) is 55.4 Å². The summed E-state index contributed by atoms with van der Waals surface area (Å²) in [6, 6.07) is 6.09. The Morgan fingerprint density at radius 2 is 2.00 bits per heavy atom. The Morgan fingerprint density at radius 1 is 1.33 bits per heavy atom. The number of nitrogens with zero attached hydrogens (tertiary/aromatic N) is 5. The van der Waals surface area contributed by atoms with Crippen molar-refractivity contribution >= 4 is 17.1 Å². The smallest absolute Gasteiger partial charge is 0.281 e. The highest BCUT2D eigenvalue weighted by atomic mass is 16.6. The lowest BCUT2D eigenvalue weighted by atomic mass is 10.1. The second-order valence-electron chi connectivity index (χ2n) is 5.08. The van der Waals surface area contributed by atoms with Crippen molar-refractivity contribution in [1.29, 1.82) is 5.26 Å². The molecule has 0 saturated carbocycles. The van der Waals surface area contributed by atoms with E-state index >= 15 is 0 Å². The Balaban J connectivity index is 2.57. The number of hydrogen-bond acceptors (Lipinski definition) is 7. The van der Waals surface area contributed by atoms with E-state index in [1.54, 1.807) is 13.0 Å². The van der Waals surface area contributed by atoms with Crippen molar-refractivity contribution < 1.29 is 10.0 Å². The number of nitro groups is 1. The van der Waals surface area contributed by atoms with E-state index in [-0.39, 0.29) is 28.2 Å². The number of pyridine rings is 1. The molecule has 0 aliphatic rings. The molecule has 0 unspecified atom stereocenters. The lowest BCUT2D eigenvalue weighted by molar-refractivity contribution is -0.385. The van der Waals surface area contributed by atoms with Gasteiger partial charge in [-0.05, 0) is 19.9 Å². The number of benzene rings is 1. The first-order valence-electron chi connectivity index (χ1n) is 6.77. The molecule has 0 aliphatic carbocycles. The number of aromatic nitrogens is 1. The third kappa shape index (κ3) is 2.85. The molecule has 0 saturated heterocycles. The zero-order valence-corrected chi connectivity index (χ0v) is 13.1. The van der Waals surface area contributed by atoms with Gasteiger partial charge < -0.3 is 5.11 Å². The molecule has 0 aliphatic heterocycles. The van der Waals surface area contributed by atoms with Crippen LogP contribution in [0.5, 0.6) is 5.88 Å². The molecule has 9 nitrogen and oxygen atoms in total. The summed E-state index contributed by atoms with van der Waals surface area (Å²) in [6.07, 6.45) is 0. The maximum absolute atomic E-state index is 12.2. The second-order valence-corrected chi connectivity index (χ2v) is 5.08. The van der Waals surface area contributed by atoms with E-state index in [0.717, 1.165) is 4.57 Å². The summed E-state index contributed by atoms with van der Waals surface area (Å²) in [7, 11) is 1.30. The van der Waals surface area contributed by atoms with Crippen molar-refractivity contribution in [2.75, 3.05) is 0 Å². The van der Waals surface area contributed by atoms with E-state index in [0.29, 0.717) is 5.56 Å². The van der Waals surface area contributed by atoms with Crippen molar-refractivity contribution in [3.8, 4) is 11.9 Å². The highest BCUT2D eigenvalue weighted by Crippen LogP contribution is 2.28. The molecule has 1 aromatic heterocycles. The van der Waals surface area contributed by atoms with Gasteiger partial charge in [0.1, 0.15) is 11.6 Å². The quantitative estimate of drug-likeness (QED) is 0.525. The topological polar surface area (TPSA) is 134 Å². The summed E-state index contributed by atoms with van der Waals surface area (Å²) < 4.78 is 0.886. The lowest BCUT2D eigenvalue weighted by Crippen LogP contribution is -2.18. The lowest BCUT2D eigenvalue weighted by Gasteiger charge is -2.08. The average Bonchev–Trinajstić information content (AvgIpc) is 2.54. The van der Waals surface area contributed by atoms with Crippen LogP contribution in [0.3, 0.4) is 0 Å². The Labute approximate surface area is 136 Å². The number of rotatable bonds is 3. The molecule has 1 N–H and O–H groups in total. The van der Waals surface area contributed by atoms with Crippen LogP contribution in [-0.2, 0) is 7.05 Å². The molecule has 9 heteroatoms. The van der Waals surface area contributed by atoms with E-state index < -0.39 is 16.4 Å². The van der Waals surface area contributed by atoms with Gasteiger partial charge in [0.25, 0.3) is 11.2 Å². The van der Waals surface area contributed by atoms with Crippen LogP contribution in [0.25, 0.3) is 0 Å². The normalized spacial score (nSPS) is 10.8. The highest BCUT2D eigenvalue weighted by molar-refractivity contribution is 5.57. The van der Waals surface area contributed by atoms with Crippen LogP contribution in [0.15, 0.2) is 33.2 Å². The number of azo groups is 1. The van der Waals surface area contributed by atoms with Crippen molar-refractivity contribution in [2.45, 2.75) is 13.8 Å². The van der Waals surface area contributed by atoms with Gasteiger partial charge in [0.05, 0.1) is 10.6 Å². The third-order valence-corrected chi connectivity index (χ3v) is 3.55. The fraction of sp³-hybridized carbons (Fsp3) is 0.200. The Bertz CT molecular complexity index is 969. The fourth-order valence-electron chi connectivity index (χ4n) is 2.09. The Kier molecular flexibility index (Phi) is 4.41. The third-order valence-electron chi connectivity index (χ3n) is 3.55. The molecule has 0 spiro atoms. The molecule has 1 aromatic carbocycles. The maximum atomic E-state index is 12.2. The molecular formula is C15H13N5O4. The molecule has 24 heavy (non-hydrogen) atoms. The highest BCUT2D eigenvalue weighted by Gasteiger charge is 2.17. The van der Waals surface area contributed by atoms with E-state index in [9.17, 15) is 20.0 Å². The van der Waals surface area contributed by atoms with Crippen LogP contribution in [0.1, 0.15) is 16.7 Å². The van der Waals surface area contributed by atoms with Gasteiger partial charge in [-0.15, -0.1) is 5.11 Å². The summed E-state index contributed by atoms with van der Waals surface area (Å²) >= 11 is 0. The zero-order valence-electron chi connectivity index (χ0n) is 13.1. The summed E-state index contributed by atoms with van der Waals surface area (Å²) in [5.74, 6) is -0.454. The number of aromatic hydroxyl groups is 1. The molecule has 0 fully saturated rings. The van der Waals surface area contributed by atoms with Crippen molar-refractivity contribution in [1.82, 2.24) is 4.57 Å². The van der Waals surface area contributed by atoms with Crippen LogP contribution in [-0.4, -0.2) is 14.6 Å². The van der Waals surface area contributed by atoms with Gasteiger partial charge in [-0.2, -0.15) is 10.4 Å². The van der Waals surface area contributed by atoms with Gasteiger partial charge in [-0.25, -0.2) is 0 Å². The molecule has 2 aromatic rings. The van der Waals surface area contributed by atoms with Crippen LogP contribution in [0.4, 0.5) is 17.1 Å². The first-order valence-corrected chi connectivity index (χ1v) is 6.77. The molecule has 0 radical (unpaired) electrons. The average molecular weight is 327 g/mol. The predicted octanol–water partition coefficient (Wildman–Crippen LogP) is 2.90. The molecule has 0 bridgehead atoms. The Hall–Kier alpha value is -3.54. The van der Waals surface area contributed by atoms with Gasteiger partial charge >= 0.3 is 0 Å². The van der Waals surface area contributed by atoms with Gasteiger partial charge in [-0.1, -0.05) is 6.07 Å². The largest absolute Gasteiger partial charge is 0.493 e. The first-order chi connectivity index (χ1) is 11.3. The zero-order chi connectivity index (χ0) is 18.0. The van der Waals surface area contributed by atoms with Gasteiger partial charge in [0.15, 0.2) is 5.69 Å². The van der Waals surface area contributed by atoms with Gasteiger partial charge in [0, 0.05) is 24.2 Å². The fourth-order valence-corrected chi connectivity index (χ4v) is 2.09. The molecule has 0 amide bonds. The van der Waals surface area contributed by atoms with E-state index in [1.807, 2.05) is 0 Å². The second kappa shape index (κ2) is 6.29. The van der Waals surface area contributed by atoms with Crippen LogP contribution in [0.2, 0.25) is 0 Å². The number of hydrogen-bond donors (Lipinski definition) is 1. The minimum atomic E-state index is -0.630. The standard InChI is InChI=1S/C15H13N5O4/c1-8-4-5-10(6-12(8)20(23)24)17-18-13-9(2)11(7-16)14(21)19(3)15(13)22/h4-6,21H,1-3H3. The number of nitro benzene ring substituents is 1. The van der Waals surface area contributed by atoms with Crippen LogP contribution >= 0.6 is 0 Å². The van der Waals surface area contributed by atoms with Crippen molar-refractivity contribution in [3.63, 3.8) is 0 Å². The molecule has 122 valence electrons. The summed E-state index contributed by atoms with van der Waals surface area (Å²) in [5, 5.41) is 37.5. The summed E-state index contributed by atoms with van der Waals surface area (Å²) in [5.41, 5.74) is -0.0869. The van der Waals surface area contributed by atoms with Crippen LogP contribution in [0, 0.1) is 35.3 Å². The Morgan fingerprint density at radius 3 is 2.58 bits per heavy atom. The molecular weight excluding hydrogens is 314 g/mol. The van der Waals surface area contributed by atoms with E-state index in [4.69, 9.17) is 5.26 Å². The van der Waals surface area contributed by atoms with E-state index in [2.05, 4.69) is 10.2 Å². The number of aryl methyl sites for hydroxylation is 1. The molecule has 0 atom stereocenters. The minimum absolute atomic E-state index is 0.0825. The SMILES string of the molecule is Cc1ccc(N=Nc2c(C)c(C#N)c(O)n(C)c2=O)cc1[N+](=O)[O-]. The van der Waals surface area contributed by atoms with Crippen LogP contribution < -0.4 is 5.56 Å². The minimum Gasteiger partial charge on any atom is -0.493 e. The first kappa shape index (κ1) is 16.8. The maximum Gasteiger partial charge on any atom is 0.281 e.